The Morgan fingerprint density at radius 1 is 1.22 bits per heavy atom. The number of anilines is 1. The van der Waals surface area contributed by atoms with Crippen LogP contribution in [0.2, 0.25) is 0 Å². The fourth-order valence-corrected chi connectivity index (χ4v) is 2.27. The van der Waals surface area contributed by atoms with Gasteiger partial charge in [-0.25, -0.2) is 4.98 Å². The molecule has 0 N–H and O–H groups in total. The van der Waals surface area contributed by atoms with Crippen LogP contribution in [-0.2, 0) is 4.79 Å². The molecular weight excluding hydrogens is 228 g/mol. The summed E-state index contributed by atoms with van der Waals surface area (Å²) in [5, 5.41) is 0. The lowest BCUT2D eigenvalue weighted by molar-refractivity contribution is -0.128. The molecule has 18 heavy (non-hydrogen) atoms. The summed E-state index contributed by atoms with van der Waals surface area (Å²) in [6.07, 6.45) is 2.77. The lowest BCUT2D eigenvalue weighted by Gasteiger charge is -2.23. The smallest absolute Gasteiger partial charge is 0.219 e. The van der Waals surface area contributed by atoms with Gasteiger partial charge in [-0.2, -0.15) is 0 Å². The summed E-state index contributed by atoms with van der Waals surface area (Å²) < 4.78 is 0. The zero-order chi connectivity index (χ0) is 13.1. The van der Waals surface area contributed by atoms with Crippen LogP contribution in [0.1, 0.15) is 24.7 Å². The van der Waals surface area contributed by atoms with Gasteiger partial charge in [0.2, 0.25) is 5.91 Å². The van der Waals surface area contributed by atoms with Crippen LogP contribution in [0.25, 0.3) is 0 Å². The Morgan fingerprint density at radius 2 is 2.00 bits per heavy atom. The van der Waals surface area contributed by atoms with Crippen LogP contribution in [0.4, 0.5) is 5.82 Å². The molecule has 1 aliphatic rings. The Kier molecular flexibility index (Phi) is 3.79. The quantitative estimate of drug-likeness (QED) is 0.748. The molecule has 2 heterocycles. The molecule has 1 saturated heterocycles. The van der Waals surface area contributed by atoms with Crippen LogP contribution in [-0.4, -0.2) is 47.0 Å². The summed E-state index contributed by atoms with van der Waals surface area (Å²) in [5.41, 5.74) is 1.89. The van der Waals surface area contributed by atoms with Crippen LogP contribution in [0.3, 0.4) is 0 Å². The minimum Gasteiger partial charge on any atom is -0.353 e. The molecule has 98 valence electrons. The third-order valence-electron chi connectivity index (χ3n) is 3.29. The summed E-state index contributed by atoms with van der Waals surface area (Å²) in [6.45, 7) is 8.94. The van der Waals surface area contributed by atoms with Gasteiger partial charge in [-0.15, -0.1) is 0 Å². The predicted molar refractivity (Wildman–Crippen MR) is 70.6 cm³/mol. The van der Waals surface area contributed by atoms with Crippen molar-refractivity contribution < 1.29 is 4.79 Å². The second-order valence-corrected chi connectivity index (χ2v) is 4.77. The number of aromatic nitrogens is 2. The fraction of sp³-hybridized carbons (Fsp3) is 0.615. The maximum Gasteiger partial charge on any atom is 0.219 e. The Morgan fingerprint density at radius 3 is 2.72 bits per heavy atom. The molecule has 0 bridgehead atoms. The van der Waals surface area contributed by atoms with Crippen LogP contribution in [0, 0.1) is 13.8 Å². The van der Waals surface area contributed by atoms with Gasteiger partial charge in [-0.3, -0.25) is 9.78 Å². The lowest BCUT2D eigenvalue weighted by atomic mass is 10.3. The van der Waals surface area contributed by atoms with Gasteiger partial charge < -0.3 is 9.80 Å². The number of hydrogen-bond donors (Lipinski definition) is 0. The fourth-order valence-electron chi connectivity index (χ4n) is 2.27. The van der Waals surface area contributed by atoms with Gasteiger partial charge in [0.25, 0.3) is 0 Å². The molecule has 0 atom stereocenters. The van der Waals surface area contributed by atoms with Gasteiger partial charge in [0, 0.05) is 39.3 Å². The summed E-state index contributed by atoms with van der Waals surface area (Å²) >= 11 is 0. The van der Waals surface area contributed by atoms with Crippen molar-refractivity contribution in [2.24, 2.45) is 0 Å². The molecule has 1 aromatic rings. The predicted octanol–water partition coefficient (Wildman–Crippen LogP) is 1.15. The molecule has 0 aliphatic carbocycles. The average Bonchev–Trinajstić information content (AvgIpc) is 2.58. The second-order valence-electron chi connectivity index (χ2n) is 4.77. The van der Waals surface area contributed by atoms with Crippen molar-refractivity contribution in [2.75, 3.05) is 31.1 Å². The molecule has 2 rings (SSSR count). The Balaban J connectivity index is 2.14. The standard InChI is InChI=1S/C13H20N4O/c1-10-9-14-11(2)13(15-10)17-6-4-5-16(7-8-17)12(3)18/h9H,4-8H2,1-3H3. The molecule has 0 unspecified atom stereocenters. The van der Waals surface area contributed by atoms with E-state index < -0.39 is 0 Å². The first kappa shape index (κ1) is 12.8. The molecular formula is C13H20N4O. The van der Waals surface area contributed by atoms with Gasteiger partial charge in [0.1, 0.15) is 5.82 Å². The number of hydrogen-bond acceptors (Lipinski definition) is 4. The van der Waals surface area contributed by atoms with Gasteiger partial charge in [0.15, 0.2) is 0 Å². The van der Waals surface area contributed by atoms with E-state index in [1.165, 1.54) is 0 Å². The highest BCUT2D eigenvalue weighted by Crippen LogP contribution is 2.17. The molecule has 0 aromatic carbocycles. The molecule has 0 saturated carbocycles. The molecule has 1 aliphatic heterocycles. The second kappa shape index (κ2) is 5.33. The maximum absolute atomic E-state index is 11.4. The van der Waals surface area contributed by atoms with Crippen molar-refractivity contribution in [1.82, 2.24) is 14.9 Å². The summed E-state index contributed by atoms with van der Waals surface area (Å²) in [6, 6.07) is 0. The Hall–Kier alpha value is -1.65. The largest absolute Gasteiger partial charge is 0.353 e. The minimum atomic E-state index is 0.156. The first-order valence-corrected chi connectivity index (χ1v) is 6.38. The van der Waals surface area contributed by atoms with Crippen molar-refractivity contribution in [3.05, 3.63) is 17.6 Å². The van der Waals surface area contributed by atoms with Crippen LogP contribution >= 0.6 is 0 Å². The molecule has 1 amide bonds. The number of nitrogens with zero attached hydrogens (tertiary/aromatic N) is 4. The SMILES string of the molecule is CC(=O)N1CCCN(c2nc(C)cnc2C)CC1. The van der Waals surface area contributed by atoms with Crippen molar-refractivity contribution in [2.45, 2.75) is 27.2 Å². The van der Waals surface area contributed by atoms with Crippen molar-refractivity contribution >= 4 is 11.7 Å². The molecule has 1 aromatic heterocycles. The summed E-state index contributed by atoms with van der Waals surface area (Å²) in [4.78, 5) is 24.5. The number of carbonyl (C=O) groups excluding carboxylic acids is 1. The van der Waals surface area contributed by atoms with E-state index in [2.05, 4.69) is 14.9 Å². The molecule has 0 radical (unpaired) electrons. The zero-order valence-corrected chi connectivity index (χ0v) is 11.3. The number of rotatable bonds is 1. The summed E-state index contributed by atoms with van der Waals surface area (Å²) in [7, 11) is 0. The van der Waals surface area contributed by atoms with Crippen LogP contribution in [0.5, 0.6) is 0 Å². The van der Waals surface area contributed by atoms with E-state index in [4.69, 9.17) is 0 Å². The highest BCUT2D eigenvalue weighted by molar-refractivity contribution is 5.73. The van der Waals surface area contributed by atoms with Gasteiger partial charge in [-0.1, -0.05) is 0 Å². The van der Waals surface area contributed by atoms with Gasteiger partial charge in [-0.05, 0) is 20.3 Å². The first-order chi connectivity index (χ1) is 8.58. The molecule has 1 fully saturated rings. The van der Waals surface area contributed by atoms with Crippen molar-refractivity contribution in [3.63, 3.8) is 0 Å². The highest BCUT2D eigenvalue weighted by Gasteiger charge is 2.19. The topological polar surface area (TPSA) is 49.3 Å². The van der Waals surface area contributed by atoms with E-state index in [-0.39, 0.29) is 5.91 Å². The van der Waals surface area contributed by atoms with Gasteiger partial charge in [0.05, 0.1) is 11.4 Å². The highest BCUT2D eigenvalue weighted by atomic mass is 16.2. The monoisotopic (exact) mass is 248 g/mol. The van der Waals surface area contributed by atoms with E-state index >= 15 is 0 Å². The third-order valence-corrected chi connectivity index (χ3v) is 3.29. The van der Waals surface area contributed by atoms with E-state index in [1.54, 1.807) is 13.1 Å². The Labute approximate surface area is 108 Å². The number of amides is 1. The Bertz CT molecular complexity index is 447. The third kappa shape index (κ3) is 2.78. The average molecular weight is 248 g/mol. The van der Waals surface area contributed by atoms with Crippen LogP contribution < -0.4 is 4.90 Å². The number of aryl methyl sites for hydroxylation is 2. The van der Waals surface area contributed by atoms with Crippen molar-refractivity contribution in [3.8, 4) is 0 Å². The minimum absolute atomic E-state index is 0.156. The normalized spacial score (nSPS) is 16.6. The lowest BCUT2D eigenvalue weighted by Crippen LogP contribution is -2.34. The molecule has 5 heteroatoms. The van der Waals surface area contributed by atoms with E-state index in [1.807, 2.05) is 18.7 Å². The summed E-state index contributed by atoms with van der Waals surface area (Å²) in [5.74, 6) is 1.12. The first-order valence-electron chi connectivity index (χ1n) is 6.38. The van der Waals surface area contributed by atoms with E-state index in [0.717, 1.165) is 49.8 Å². The molecule has 0 spiro atoms. The van der Waals surface area contributed by atoms with Gasteiger partial charge >= 0.3 is 0 Å². The maximum atomic E-state index is 11.4. The van der Waals surface area contributed by atoms with Crippen molar-refractivity contribution in [1.29, 1.82) is 0 Å². The van der Waals surface area contributed by atoms with Crippen LogP contribution in [0.15, 0.2) is 6.20 Å². The van der Waals surface area contributed by atoms with E-state index in [9.17, 15) is 4.79 Å². The molecule has 5 nitrogen and oxygen atoms in total. The van der Waals surface area contributed by atoms with E-state index in [0.29, 0.717) is 0 Å². The zero-order valence-electron chi connectivity index (χ0n) is 11.3. The number of carbonyl (C=O) groups is 1.